The molecule has 0 spiro atoms. The van der Waals surface area contributed by atoms with Gasteiger partial charge in [-0.3, -0.25) is 4.79 Å². The van der Waals surface area contributed by atoms with Crippen LogP contribution in [0.25, 0.3) is 11.1 Å². The number of carbonyl (C=O) groups excluding carboxylic acids is 1. The maximum atomic E-state index is 15.0. The number of ether oxygens (including phenoxy) is 1. The third kappa shape index (κ3) is 6.54. The van der Waals surface area contributed by atoms with E-state index in [9.17, 15) is 18.8 Å². The van der Waals surface area contributed by atoms with E-state index in [1.165, 1.54) is 12.1 Å². The smallest absolute Gasteiger partial charge is 0.270 e. The zero-order valence-corrected chi connectivity index (χ0v) is 21.7. The van der Waals surface area contributed by atoms with Crippen LogP contribution in [-0.4, -0.2) is 54.1 Å². The zero-order chi connectivity index (χ0) is 27.4. The number of amides is 1. The lowest BCUT2D eigenvalue weighted by molar-refractivity contribution is -0.157. The van der Waals surface area contributed by atoms with E-state index in [-0.39, 0.29) is 41.2 Å². The fourth-order valence-corrected chi connectivity index (χ4v) is 5.48. The molecular formula is C29H33F4N3O2. The van der Waals surface area contributed by atoms with Crippen molar-refractivity contribution in [3.63, 3.8) is 0 Å². The topological polar surface area (TPSA) is 65.4 Å². The molecule has 1 amide bonds. The molecule has 38 heavy (non-hydrogen) atoms. The maximum Gasteiger partial charge on any atom is 0.270 e. The van der Waals surface area contributed by atoms with Crippen LogP contribution in [0, 0.1) is 23.0 Å². The molecule has 204 valence electrons. The van der Waals surface area contributed by atoms with Crippen molar-refractivity contribution in [3.8, 4) is 17.2 Å². The van der Waals surface area contributed by atoms with Gasteiger partial charge in [-0.15, -0.1) is 0 Å². The summed E-state index contributed by atoms with van der Waals surface area (Å²) in [6, 6.07) is 8.48. The number of alkyl halides is 2. The van der Waals surface area contributed by atoms with Gasteiger partial charge in [0.15, 0.2) is 0 Å². The summed E-state index contributed by atoms with van der Waals surface area (Å²) in [5, 5.41) is 12.3. The van der Waals surface area contributed by atoms with Crippen LogP contribution < -0.4 is 5.32 Å². The first-order chi connectivity index (χ1) is 18.1. The number of nitrogens with one attached hydrogen (secondary N) is 1. The molecule has 2 atom stereocenters. The Morgan fingerprint density at radius 2 is 1.84 bits per heavy atom. The molecule has 1 heterocycles. The largest absolute Gasteiger partial charge is 0.373 e. The van der Waals surface area contributed by atoms with Crippen LogP contribution in [0.15, 0.2) is 36.4 Å². The van der Waals surface area contributed by atoms with Gasteiger partial charge in [0.2, 0.25) is 5.91 Å². The second-order valence-electron chi connectivity index (χ2n) is 10.5. The molecule has 1 saturated heterocycles. The highest BCUT2D eigenvalue weighted by molar-refractivity contribution is 5.82. The number of carbonyl (C=O) groups is 1. The number of benzene rings is 2. The Balaban J connectivity index is 1.48. The Labute approximate surface area is 220 Å². The van der Waals surface area contributed by atoms with Crippen LogP contribution in [0.1, 0.15) is 57.1 Å². The molecular weight excluding hydrogens is 498 g/mol. The highest BCUT2D eigenvalue weighted by Crippen LogP contribution is 2.37. The fourth-order valence-electron chi connectivity index (χ4n) is 5.48. The molecule has 2 aliphatic rings. The van der Waals surface area contributed by atoms with Gasteiger partial charge in [-0.25, -0.2) is 17.6 Å². The molecule has 0 bridgehead atoms. The van der Waals surface area contributed by atoms with Gasteiger partial charge in [-0.05, 0) is 68.4 Å². The maximum absolute atomic E-state index is 15.0. The molecule has 2 aromatic rings. The van der Waals surface area contributed by atoms with E-state index < -0.39 is 35.6 Å². The number of piperidine rings is 1. The van der Waals surface area contributed by atoms with Crippen LogP contribution >= 0.6 is 0 Å². The number of likely N-dealkylation sites (tertiary alicyclic amines) is 1. The minimum atomic E-state index is -3.13. The van der Waals surface area contributed by atoms with Gasteiger partial charge >= 0.3 is 0 Å². The molecule has 9 heteroatoms. The standard InChI is InChI=1S/C29H33F4N3O2/c1-18(2)36-11-8-23(9-12-36)38-26-7-4-10-29(32,33)28(26)35-27(37)15-19-5-3-6-24(25(19)17-34)20-13-21(30)16-22(31)14-20/h3,5-6,13-14,16,18,23,26,28H,4,7-12,15H2,1-2H3,(H,35,37)/t26-,28+/m0/s1. The van der Waals surface area contributed by atoms with Gasteiger partial charge in [-0.2, -0.15) is 5.26 Å². The van der Waals surface area contributed by atoms with Gasteiger partial charge in [0.1, 0.15) is 23.7 Å². The van der Waals surface area contributed by atoms with E-state index >= 15 is 8.78 Å². The quantitative estimate of drug-likeness (QED) is 0.472. The first-order valence-electron chi connectivity index (χ1n) is 13.1. The van der Waals surface area contributed by atoms with Crippen molar-refractivity contribution >= 4 is 5.91 Å². The number of nitrogens with zero attached hydrogens (tertiary/aromatic N) is 2. The predicted molar refractivity (Wildman–Crippen MR) is 136 cm³/mol. The fraction of sp³-hybridized carbons (Fsp3) is 0.517. The highest BCUT2D eigenvalue weighted by Gasteiger charge is 2.49. The summed E-state index contributed by atoms with van der Waals surface area (Å²) in [6.07, 6.45) is 0.607. The van der Waals surface area contributed by atoms with Crippen molar-refractivity contribution in [2.75, 3.05) is 13.1 Å². The summed E-state index contributed by atoms with van der Waals surface area (Å²) >= 11 is 0. The Hall–Kier alpha value is -2.96. The van der Waals surface area contributed by atoms with Gasteiger partial charge in [0.25, 0.3) is 5.92 Å². The van der Waals surface area contributed by atoms with Crippen LogP contribution in [0.4, 0.5) is 17.6 Å². The van der Waals surface area contributed by atoms with Crippen molar-refractivity contribution in [2.24, 2.45) is 0 Å². The molecule has 1 N–H and O–H groups in total. The average Bonchev–Trinajstić information content (AvgIpc) is 2.85. The summed E-state index contributed by atoms with van der Waals surface area (Å²) in [7, 11) is 0. The van der Waals surface area contributed by atoms with E-state index in [0.29, 0.717) is 18.9 Å². The van der Waals surface area contributed by atoms with E-state index in [2.05, 4.69) is 24.1 Å². The van der Waals surface area contributed by atoms with Crippen LogP contribution in [-0.2, 0) is 16.0 Å². The van der Waals surface area contributed by atoms with Gasteiger partial charge in [0, 0.05) is 31.6 Å². The number of rotatable bonds is 7. The Morgan fingerprint density at radius 3 is 2.47 bits per heavy atom. The van der Waals surface area contributed by atoms with E-state index in [1.54, 1.807) is 6.07 Å². The monoisotopic (exact) mass is 531 g/mol. The zero-order valence-electron chi connectivity index (χ0n) is 21.7. The third-order valence-electron chi connectivity index (χ3n) is 7.50. The second-order valence-corrected chi connectivity index (χ2v) is 10.5. The number of hydrogen-bond donors (Lipinski definition) is 1. The molecule has 2 aromatic carbocycles. The summed E-state index contributed by atoms with van der Waals surface area (Å²) in [4.78, 5) is 15.3. The third-order valence-corrected chi connectivity index (χ3v) is 7.50. The lowest BCUT2D eigenvalue weighted by Gasteiger charge is -2.42. The number of hydrogen-bond acceptors (Lipinski definition) is 4. The van der Waals surface area contributed by atoms with Gasteiger partial charge in [0.05, 0.1) is 24.2 Å². The molecule has 4 rings (SSSR count). The molecule has 0 unspecified atom stereocenters. The van der Waals surface area contributed by atoms with Crippen LogP contribution in [0.5, 0.6) is 0 Å². The first kappa shape index (κ1) is 28.1. The van der Waals surface area contributed by atoms with E-state index in [0.717, 1.165) is 44.1 Å². The Bertz CT molecular complexity index is 1170. The van der Waals surface area contributed by atoms with Crippen molar-refractivity contribution in [2.45, 2.75) is 82.6 Å². The summed E-state index contributed by atoms with van der Waals surface area (Å²) < 4.78 is 63.8. The predicted octanol–water partition coefficient (Wildman–Crippen LogP) is 5.61. The van der Waals surface area contributed by atoms with E-state index in [1.807, 2.05) is 6.07 Å². The molecule has 2 fully saturated rings. The molecule has 0 aromatic heterocycles. The molecule has 1 saturated carbocycles. The second kappa shape index (κ2) is 11.8. The lowest BCUT2D eigenvalue weighted by Crippen LogP contribution is -2.58. The van der Waals surface area contributed by atoms with Crippen molar-refractivity contribution in [3.05, 3.63) is 59.2 Å². The van der Waals surface area contributed by atoms with Gasteiger partial charge < -0.3 is 15.0 Å². The number of nitriles is 1. The SMILES string of the molecule is CC(C)N1CCC(O[C@H]2CCCC(F)(F)[C@@H]2NC(=O)Cc2cccc(-c3cc(F)cc(F)c3)c2C#N)CC1. The molecule has 0 radical (unpaired) electrons. The molecule has 1 aliphatic heterocycles. The minimum absolute atomic E-state index is 0.0627. The van der Waals surface area contributed by atoms with E-state index in [4.69, 9.17) is 4.74 Å². The normalized spacial score (nSPS) is 22.3. The molecule has 5 nitrogen and oxygen atoms in total. The highest BCUT2D eigenvalue weighted by atomic mass is 19.3. The first-order valence-corrected chi connectivity index (χ1v) is 13.1. The Morgan fingerprint density at radius 1 is 1.16 bits per heavy atom. The summed E-state index contributed by atoms with van der Waals surface area (Å²) in [5.41, 5.74) is 0.753. The van der Waals surface area contributed by atoms with Crippen LogP contribution in [0.2, 0.25) is 0 Å². The average molecular weight is 532 g/mol. The van der Waals surface area contributed by atoms with Crippen molar-refractivity contribution < 1.29 is 27.1 Å². The van der Waals surface area contributed by atoms with Crippen molar-refractivity contribution in [1.29, 1.82) is 5.26 Å². The van der Waals surface area contributed by atoms with Crippen molar-refractivity contribution in [1.82, 2.24) is 10.2 Å². The Kier molecular flexibility index (Phi) is 8.74. The number of halogens is 4. The van der Waals surface area contributed by atoms with Gasteiger partial charge in [-0.1, -0.05) is 18.2 Å². The summed E-state index contributed by atoms with van der Waals surface area (Å²) in [6.45, 7) is 5.92. The summed E-state index contributed by atoms with van der Waals surface area (Å²) in [5.74, 6) is -5.39. The van der Waals surface area contributed by atoms with Crippen LogP contribution in [0.3, 0.4) is 0 Å². The minimum Gasteiger partial charge on any atom is -0.373 e. The molecule has 1 aliphatic carbocycles. The lowest BCUT2D eigenvalue weighted by atomic mass is 9.88.